The molecule has 1 aromatic carbocycles. The third-order valence-electron chi connectivity index (χ3n) is 4.05. The van der Waals surface area contributed by atoms with Gasteiger partial charge in [-0.15, -0.1) is 11.3 Å². The highest BCUT2D eigenvalue weighted by Gasteiger charge is 2.12. The SMILES string of the molecule is O=C(NCc1cccs1)c1cccc(-c2[nH]ncc2-c2ccncc2)c1. The van der Waals surface area contributed by atoms with E-state index in [1.165, 1.54) is 0 Å². The number of rotatable bonds is 5. The minimum absolute atomic E-state index is 0.0924. The molecule has 0 atom stereocenters. The lowest BCUT2D eigenvalue weighted by Crippen LogP contribution is -2.22. The Labute approximate surface area is 154 Å². The molecule has 0 aliphatic carbocycles. The van der Waals surface area contributed by atoms with Crippen LogP contribution in [0.4, 0.5) is 0 Å². The number of hydrogen-bond acceptors (Lipinski definition) is 4. The molecule has 6 heteroatoms. The van der Waals surface area contributed by atoms with Crippen molar-refractivity contribution in [1.29, 1.82) is 0 Å². The maximum Gasteiger partial charge on any atom is 0.251 e. The van der Waals surface area contributed by atoms with Crippen molar-refractivity contribution in [2.75, 3.05) is 0 Å². The van der Waals surface area contributed by atoms with Crippen LogP contribution in [-0.2, 0) is 6.54 Å². The molecule has 2 N–H and O–H groups in total. The molecule has 3 aromatic heterocycles. The minimum Gasteiger partial charge on any atom is -0.347 e. The van der Waals surface area contributed by atoms with Gasteiger partial charge in [0.1, 0.15) is 0 Å². The van der Waals surface area contributed by atoms with E-state index in [2.05, 4.69) is 20.5 Å². The van der Waals surface area contributed by atoms with Gasteiger partial charge < -0.3 is 5.32 Å². The molecule has 0 aliphatic heterocycles. The summed E-state index contributed by atoms with van der Waals surface area (Å²) in [6.45, 7) is 0.535. The Morgan fingerprint density at radius 3 is 2.77 bits per heavy atom. The number of aromatic amines is 1. The van der Waals surface area contributed by atoms with Crippen LogP contribution in [0.15, 0.2) is 72.5 Å². The van der Waals surface area contributed by atoms with E-state index in [9.17, 15) is 4.79 Å². The average molecular weight is 360 g/mol. The number of hydrogen-bond donors (Lipinski definition) is 2. The van der Waals surface area contributed by atoms with Gasteiger partial charge in [0.2, 0.25) is 0 Å². The molecule has 0 fully saturated rings. The largest absolute Gasteiger partial charge is 0.347 e. The number of aromatic nitrogens is 3. The highest BCUT2D eigenvalue weighted by Crippen LogP contribution is 2.30. The van der Waals surface area contributed by atoms with Crippen LogP contribution >= 0.6 is 11.3 Å². The fourth-order valence-corrected chi connectivity index (χ4v) is 3.40. The van der Waals surface area contributed by atoms with Crippen LogP contribution in [-0.4, -0.2) is 21.1 Å². The molecule has 0 saturated heterocycles. The Balaban J connectivity index is 1.59. The molecule has 3 heterocycles. The molecule has 4 rings (SSSR count). The van der Waals surface area contributed by atoms with Gasteiger partial charge in [-0.2, -0.15) is 5.10 Å². The molecular weight excluding hydrogens is 344 g/mol. The molecular formula is C20H16N4OS. The zero-order valence-corrected chi connectivity index (χ0v) is 14.7. The van der Waals surface area contributed by atoms with Crippen molar-refractivity contribution in [3.63, 3.8) is 0 Å². The number of nitrogens with zero attached hydrogens (tertiary/aromatic N) is 2. The number of nitrogens with one attached hydrogen (secondary N) is 2. The topological polar surface area (TPSA) is 70.7 Å². The zero-order valence-electron chi connectivity index (χ0n) is 13.8. The van der Waals surface area contributed by atoms with Gasteiger partial charge in [-0.1, -0.05) is 18.2 Å². The van der Waals surface area contributed by atoms with Gasteiger partial charge in [-0.05, 0) is 41.3 Å². The summed E-state index contributed by atoms with van der Waals surface area (Å²) in [6.07, 6.45) is 5.29. The summed E-state index contributed by atoms with van der Waals surface area (Å²) in [6, 6.07) is 15.4. The lowest BCUT2D eigenvalue weighted by Gasteiger charge is -2.07. The van der Waals surface area contributed by atoms with E-state index in [4.69, 9.17) is 0 Å². The summed E-state index contributed by atoms with van der Waals surface area (Å²) in [4.78, 5) is 17.7. The van der Waals surface area contributed by atoms with Crippen molar-refractivity contribution in [3.8, 4) is 22.4 Å². The van der Waals surface area contributed by atoms with Gasteiger partial charge in [0.15, 0.2) is 0 Å². The van der Waals surface area contributed by atoms with Crippen LogP contribution in [0, 0.1) is 0 Å². The lowest BCUT2D eigenvalue weighted by atomic mass is 10.0. The maximum atomic E-state index is 12.5. The van der Waals surface area contributed by atoms with E-state index in [0.717, 1.165) is 27.3 Å². The molecule has 5 nitrogen and oxygen atoms in total. The first kappa shape index (κ1) is 16.2. The van der Waals surface area contributed by atoms with Crippen LogP contribution < -0.4 is 5.32 Å². The Morgan fingerprint density at radius 1 is 1.08 bits per heavy atom. The zero-order chi connectivity index (χ0) is 17.8. The molecule has 128 valence electrons. The number of thiophene rings is 1. The molecule has 0 spiro atoms. The quantitative estimate of drug-likeness (QED) is 0.562. The summed E-state index contributed by atoms with van der Waals surface area (Å²) in [7, 11) is 0. The van der Waals surface area contributed by atoms with Gasteiger partial charge >= 0.3 is 0 Å². The maximum absolute atomic E-state index is 12.5. The van der Waals surface area contributed by atoms with Crippen LogP contribution in [0.3, 0.4) is 0 Å². The van der Waals surface area contributed by atoms with E-state index >= 15 is 0 Å². The third kappa shape index (κ3) is 3.41. The van der Waals surface area contributed by atoms with Crippen molar-refractivity contribution in [2.24, 2.45) is 0 Å². The second-order valence-corrected chi connectivity index (χ2v) is 6.77. The normalized spacial score (nSPS) is 10.6. The molecule has 0 unspecified atom stereocenters. The Bertz CT molecular complexity index is 1010. The van der Waals surface area contributed by atoms with Crippen LogP contribution in [0.5, 0.6) is 0 Å². The van der Waals surface area contributed by atoms with E-state index in [-0.39, 0.29) is 5.91 Å². The first-order chi connectivity index (χ1) is 12.8. The smallest absolute Gasteiger partial charge is 0.251 e. The first-order valence-corrected chi connectivity index (χ1v) is 9.04. The number of carbonyl (C=O) groups excluding carboxylic acids is 1. The predicted molar refractivity (Wildman–Crippen MR) is 103 cm³/mol. The fourth-order valence-electron chi connectivity index (χ4n) is 2.76. The predicted octanol–water partition coefficient (Wildman–Crippen LogP) is 4.13. The van der Waals surface area contributed by atoms with E-state index < -0.39 is 0 Å². The number of H-pyrrole nitrogens is 1. The molecule has 0 saturated carbocycles. The number of pyridine rings is 1. The Kier molecular flexibility index (Phi) is 4.57. The number of benzene rings is 1. The molecule has 1 amide bonds. The Hall–Kier alpha value is -3.25. The second-order valence-electron chi connectivity index (χ2n) is 5.74. The van der Waals surface area contributed by atoms with Crippen molar-refractivity contribution in [2.45, 2.75) is 6.54 Å². The van der Waals surface area contributed by atoms with Crippen molar-refractivity contribution >= 4 is 17.2 Å². The highest BCUT2D eigenvalue weighted by molar-refractivity contribution is 7.09. The second kappa shape index (κ2) is 7.33. The minimum atomic E-state index is -0.0924. The molecule has 0 aliphatic rings. The van der Waals surface area contributed by atoms with E-state index in [1.807, 2.05) is 53.9 Å². The number of amides is 1. The van der Waals surface area contributed by atoms with Gasteiger partial charge in [-0.25, -0.2) is 0 Å². The summed E-state index contributed by atoms with van der Waals surface area (Å²) >= 11 is 1.63. The van der Waals surface area contributed by atoms with Crippen molar-refractivity contribution in [1.82, 2.24) is 20.5 Å². The molecule has 4 aromatic rings. The summed E-state index contributed by atoms with van der Waals surface area (Å²) in [5.74, 6) is -0.0924. The average Bonchev–Trinajstić information content (AvgIpc) is 3.39. The molecule has 0 bridgehead atoms. The Morgan fingerprint density at radius 2 is 1.96 bits per heavy atom. The van der Waals surface area contributed by atoms with Gasteiger partial charge in [0.05, 0.1) is 18.4 Å². The van der Waals surface area contributed by atoms with Gasteiger partial charge in [0, 0.05) is 34.0 Å². The highest BCUT2D eigenvalue weighted by atomic mass is 32.1. The van der Waals surface area contributed by atoms with E-state index in [0.29, 0.717) is 12.1 Å². The summed E-state index contributed by atoms with van der Waals surface area (Å²) in [5.41, 5.74) is 4.41. The van der Waals surface area contributed by atoms with Crippen LogP contribution in [0.1, 0.15) is 15.2 Å². The molecule has 0 radical (unpaired) electrons. The monoisotopic (exact) mass is 360 g/mol. The fraction of sp³-hybridized carbons (Fsp3) is 0.0500. The van der Waals surface area contributed by atoms with Crippen LogP contribution in [0.2, 0.25) is 0 Å². The number of carbonyl (C=O) groups is 1. The standard InChI is InChI=1S/C20H16N4OS/c25-20(22-12-17-5-2-10-26-17)16-4-1-3-15(11-16)19-18(13-23-24-19)14-6-8-21-9-7-14/h1-11,13H,12H2,(H,22,25)(H,23,24). The van der Waals surface area contributed by atoms with Gasteiger partial charge in [0.25, 0.3) is 5.91 Å². The van der Waals surface area contributed by atoms with Gasteiger partial charge in [-0.3, -0.25) is 14.9 Å². The summed E-state index contributed by atoms with van der Waals surface area (Å²) < 4.78 is 0. The summed E-state index contributed by atoms with van der Waals surface area (Å²) in [5, 5.41) is 12.2. The van der Waals surface area contributed by atoms with E-state index in [1.54, 1.807) is 29.9 Å². The lowest BCUT2D eigenvalue weighted by molar-refractivity contribution is 0.0951. The van der Waals surface area contributed by atoms with Crippen LogP contribution in [0.25, 0.3) is 22.4 Å². The third-order valence-corrected chi connectivity index (χ3v) is 4.92. The molecule has 26 heavy (non-hydrogen) atoms. The first-order valence-electron chi connectivity index (χ1n) is 8.16. The van der Waals surface area contributed by atoms with Crippen molar-refractivity contribution in [3.05, 3.63) is 82.9 Å². The van der Waals surface area contributed by atoms with Crippen molar-refractivity contribution < 1.29 is 4.79 Å².